The van der Waals surface area contributed by atoms with Crippen LogP contribution in [0.25, 0.3) is 0 Å². The van der Waals surface area contributed by atoms with Crippen molar-refractivity contribution in [2.24, 2.45) is 11.8 Å². The van der Waals surface area contributed by atoms with Gasteiger partial charge in [-0.2, -0.15) is 0 Å². The largest absolute Gasteiger partial charge is 0.480 e. The van der Waals surface area contributed by atoms with E-state index < -0.39 is 5.97 Å². The molecule has 0 radical (unpaired) electrons. The number of carbonyl (C=O) groups is 2. The molecule has 5 heteroatoms. The molecule has 0 aromatic carbocycles. The van der Waals surface area contributed by atoms with Gasteiger partial charge in [0.1, 0.15) is 6.54 Å². The third-order valence-electron chi connectivity index (χ3n) is 3.72. The Morgan fingerprint density at radius 3 is 2.56 bits per heavy atom. The zero-order chi connectivity index (χ0) is 13.0. The lowest BCUT2D eigenvalue weighted by molar-refractivity contribution is -0.145. The van der Waals surface area contributed by atoms with Crippen molar-refractivity contribution in [3.63, 3.8) is 0 Å². The number of nitrogens with one attached hydrogen (secondary N) is 1. The Morgan fingerprint density at radius 1 is 1.22 bits per heavy atom. The van der Waals surface area contributed by atoms with Gasteiger partial charge < -0.3 is 15.3 Å². The van der Waals surface area contributed by atoms with Gasteiger partial charge in [0.15, 0.2) is 0 Å². The van der Waals surface area contributed by atoms with Gasteiger partial charge in [0, 0.05) is 13.0 Å². The van der Waals surface area contributed by atoms with Crippen molar-refractivity contribution in [3.05, 3.63) is 0 Å². The predicted molar refractivity (Wildman–Crippen MR) is 67.2 cm³/mol. The molecule has 102 valence electrons. The molecule has 2 fully saturated rings. The van der Waals surface area contributed by atoms with E-state index in [0.717, 1.165) is 38.8 Å². The number of aliphatic carboxylic acids is 1. The van der Waals surface area contributed by atoms with E-state index >= 15 is 0 Å². The highest BCUT2D eigenvalue weighted by Crippen LogP contribution is 2.30. The van der Waals surface area contributed by atoms with E-state index in [0.29, 0.717) is 24.8 Å². The van der Waals surface area contributed by atoms with E-state index in [1.54, 1.807) is 0 Å². The molecule has 18 heavy (non-hydrogen) atoms. The van der Waals surface area contributed by atoms with Crippen LogP contribution in [0.3, 0.4) is 0 Å². The second-order valence-corrected chi connectivity index (χ2v) is 5.53. The van der Waals surface area contributed by atoms with Crippen molar-refractivity contribution in [1.29, 1.82) is 0 Å². The highest BCUT2D eigenvalue weighted by molar-refractivity contribution is 5.81. The third-order valence-corrected chi connectivity index (χ3v) is 3.72. The fraction of sp³-hybridized carbons (Fsp3) is 0.846. The molecule has 1 saturated heterocycles. The smallest absolute Gasteiger partial charge is 0.323 e. The fourth-order valence-corrected chi connectivity index (χ4v) is 2.50. The van der Waals surface area contributed by atoms with Crippen molar-refractivity contribution in [1.82, 2.24) is 10.2 Å². The second-order valence-electron chi connectivity index (χ2n) is 5.53. The molecular formula is C13H22N2O3. The van der Waals surface area contributed by atoms with Gasteiger partial charge in [-0.25, -0.2) is 0 Å². The molecule has 1 unspecified atom stereocenters. The standard InChI is InChI=1S/C13H22N2O3/c16-12(6-11-2-1-5-14-7-11)15(9-13(17)18)8-10-3-4-10/h10-11,14H,1-9H2,(H,17,18). The molecule has 2 aliphatic rings. The Hall–Kier alpha value is -1.10. The summed E-state index contributed by atoms with van der Waals surface area (Å²) in [6, 6.07) is 0. The molecule has 0 spiro atoms. The molecule has 0 aromatic rings. The normalized spacial score (nSPS) is 23.7. The lowest BCUT2D eigenvalue weighted by atomic mass is 9.95. The minimum Gasteiger partial charge on any atom is -0.480 e. The summed E-state index contributed by atoms with van der Waals surface area (Å²) in [7, 11) is 0. The van der Waals surface area contributed by atoms with Gasteiger partial charge in [0.25, 0.3) is 0 Å². The number of piperidine rings is 1. The molecule has 2 rings (SSSR count). The Kier molecular flexibility index (Phi) is 4.58. The molecule has 1 aliphatic carbocycles. The van der Waals surface area contributed by atoms with Crippen LogP contribution in [-0.4, -0.2) is 48.1 Å². The van der Waals surface area contributed by atoms with Gasteiger partial charge in [0.2, 0.25) is 5.91 Å². The first-order chi connectivity index (χ1) is 8.65. The predicted octanol–water partition coefficient (Wildman–Crippen LogP) is 0.699. The van der Waals surface area contributed by atoms with Crippen LogP contribution < -0.4 is 5.32 Å². The van der Waals surface area contributed by atoms with E-state index in [2.05, 4.69) is 5.32 Å². The van der Waals surface area contributed by atoms with Crippen LogP contribution in [0.1, 0.15) is 32.1 Å². The molecule has 0 aromatic heterocycles. The maximum Gasteiger partial charge on any atom is 0.323 e. The molecule has 1 amide bonds. The molecule has 5 nitrogen and oxygen atoms in total. The summed E-state index contributed by atoms with van der Waals surface area (Å²) in [6.07, 6.45) is 4.94. The highest BCUT2D eigenvalue weighted by Gasteiger charge is 2.29. The minimum absolute atomic E-state index is 0.0120. The Morgan fingerprint density at radius 2 is 2.00 bits per heavy atom. The number of carbonyl (C=O) groups excluding carboxylic acids is 1. The molecule has 0 bridgehead atoms. The summed E-state index contributed by atoms with van der Waals surface area (Å²) in [5.74, 6) is 0.0169. The van der Waals surface area contributed by atoms with Gasteiger partial charge >= 0.3 is 5.97 Å². The van der Waals surface area contributed by atoms with Crippen LogP contribution in [0.15, 0.2) is 0 Å². The number of carboxylic acids is 1. The highest BCUT2D eigenvalue weighted by atomic mass is 16.4. The van der Waals surface area contributed by atoms with E-state index in [4.69, 9.17) is 5.11 Å². The number of rotatable bonds is 6. The monoisotopic (exact) mass is 254 g/mol. The van der Waals surface area contributed by atoms with E-state index in [1.807, 2.05) is 0 Å². The number of nitrogens with zero attached hydrogens (tertiary/aromatic N) is 1. The summed E-state index contributed by atoms with van der Waals surface area (Å²) in [4.78, 5) is 24.5. The Labute approximate surface area is 108 Å². The zero-order valence-corrected chi connectivity index (χ0v) is 10.7. The molecule has 1 aliphatic heterocycles. The van der Waals surface area contributed by atoms with Crippen molar-refractivity contribution < 1.29 is 14.7 Å². The Balaban J connectivity index is 1.82. The first-order valence-corrected chi connectivity index (χ1v) is 6.85. The van der Waals surface area contributed by atoms with Crippen molar-refractivity contribution in [2.75, 3.05) is 26.2 Å². The van der Waals surface area contributed by atoms with Gasteiger partial charge in [-0.3, -0.25) is 9.59 Å². The molecule has 1 saturated carbocycles. The quantitative estimate of drug-likeness (QED) is 0.732. The second kappa shape index (κ2) is 6.18. The summed E-state index contributed by atoms with van der Waals surface area (Å²) in [5, 5.41) is 12.2. The van der Waals surface area contributed by atoms with Crippen LogP contribution in [-0.2, 0) is 9.59 Å². The number of hydrogen-bond acceptors (Lipinski definition) is 3. The maximum atomic E-state index is 12.1. The third kappa shape index (κ3) is 4.29. The van der Waals surface area contributed by atoms with Crippen LogP contribution in [0, 0.1) is 11.8 Å². The molecular weight excluding hydrogens is 232 g/mol. The van der Waals surface area contributed by atoms with E-state index in [1.165, 1.54) is 4.90 Å². The zero-order valence-electron chi connectivity index (χ0n) is 10.7. The molecule has 1 heterocycles. The first kappa shape index (κ1) is 13.3. The Bertz CT molecular complexity index is 309. The van der Waals surface area contributed by atoms with Crippen molar-refractivity contribution in [3.8, 4) is 0 Å². The van der Waals surface area contributed by atoms with Crippen LogP contribution in [0.4, 0.5) is 0 Å². The van der Waals surface area contributed by atoms with Crippen molar-refractivity contribution in [2.45, 2.75) is 32.1 Å². The SMILES string of the molecule is O=C(O)CN(CC1CC1)C(=O)CC1CCCNC1. The van der Waals surface area contributed by atoms with Crippen LogP contribution >= 0.6 is 0 Å². The van der Waals surface area contributed by atoms with Gasteiger partial charge in [-0.1, -0.05) is 0 Å². The topological polar surface area (TPSA) is 69.6 Å². The van der Waals surface area contributed by atoms with E-state index in [-0.39, 0.29) is 12.5 Å². The minimum atomic E-state index is -0.911. The summed E-state index contributed by atoms with van der Waals surface area (Å²) in [6.45, 7) is 2.41. The summed E-state index contributed by atoms with van der Waals surface area (Å²) >= 11 is 0. The fourth-order valence-electron chi connectivity index (χ4n) is 2.50. The molecule has 2 N–H and O–H groups in total. The van der Waals surface area contributed by atoms with Crippen LogP contribution in [0.2, 0.25) is 0 Å². The first-order valence-electron chi connectivity index (χ1n) is 6.85. The summed E-state index contributed by atoms with van der Waals surface area (Å²) < 4.78 is 0. The molecule has 1 atom stereocenters. The number of amides is 1. The lowest BCUT2D eigenvalue weighted by Gasteiger charge is -2.26. The average Bonchev–Trinajstić information content (AvgIpc) is 3.13. The van der Waals surface area contributed by atoms with Crippen molar-refractivity contribution >= 4 is 11.9 Å². The average molecular weight is 254 g/mol. The maximum absolute atomic E-state index is 12.1. The van der Waals surface area contributed by atoms with Crippen LogP contribution in [0.5, 0.6) is 0 Å². The van der Waals surface area contributed by atoms with Gasteiger partial charge in [-0.05, 0) is 50.6 Å². The number of carboxylic acid groups (broad SMARTS) is 1. The van der Waals surface area contributed by atoms with Gasteiger partial charge in [-0.15, -0.1) is 0 Å². The van der Waals surface area contributed by atoms with Gasteiger partial charge in [0.05, 0.1) is 0 Å². The number of hydrogen-bond donors (Lipinski definition) is 2. The van der Waals surface area contributed by atoms with E-state index in [9.17, 15) is 9.59 Å². The lowest BCUT2D eigenvalue weighted by Crippen LogP contribution is -2.40. The summed E-state index contributed by atoms with van der Waals surface area (Å²) in [5.41, 5.74) is 0.